The number of benzene rings is 1. The molecular weight excluding hydrogens is 262 g/mol. The molecule has 0 aliphatic heterocycles. The van der Waals surface area contributed by atoms with Crippen LogP contribution in [-0.2, 0) is 13.3 Å². The Morgan fingerprint density at radius 1 is 1.00 bits per heavy atom. The molecule has 0 atom stereocenters. The Labute approximate surface area is 116 Å². The fraction of sp³-hybridized carbons (Fsp3) is 0.462. The standard InChI is InChI=1S/C7H7NO.C6H16O3Si/c8-7(9)6-4-2-1-3-5-6;1-4-7-10(8-5-2)9-6-3/h1-5H,(H2,8,9);10H,4-6H2,1-3H3. The maximum Gasteiger partial charge on any atom is 0.484 e. The van der Waals surface area contributed by atoms with Gasteiger partial charge < -0.3 is 19.0 Å². The number of rotatable bonds is 7. The van der Waals surface area contributed by atoms with E-state index in [0.29, 0.717) is 25.4 Å². The lowest BCUT2D eigenvalue weighted by Crippen LogP contribution is -2.27. The first-order valence-corrected chi connectivity index (χ1v) is 7.76. The SMILES string of the molecule is CCO[SiH](OCC)OCC.NC(=O)c1ccccc1. The van der Waals surface area contributed by atoms with Gasteiger partial charge in [-0.05, 0) is 32.9 Å². The molecule has 0 saturated carbocycles. The summed E-state index contributed by atoms with van der Waals surface area (Å²) in [6, 6.07) is 8.76. The lowest BCUT2D eigenvalue weighted by atomic mass is 10.2. The predicted octanol–water partition coefficient (Wildman–Crippen LogP) is 1.60. The molecule has 2 N–H and O–H groups in total. The topological polar surface area (TPSA) is 70.8 Å². The van der Waals surface area contributed by atoms with Gasteiger partial charge >= 0.3 is 9.53 Å². The third-order valence-electron chi connectivity index (χ3n) is 1.97. The van der Waals surface area contributed by atoms with Crippen molar-refractivity contribution in [1.29, 1.82) is 0 Å². The zero-order valence-electron chi connectivity index (χ0n) is 11.8. The largest absolute Gasteiger partial charge is 0.484 e. The number of primary amides is 1. The van der Waals surface area contributed by atoms with Crippen molar-refractivity contribution in [3.63, 3.8) is 0 Å². The summed E-state index contributed by atoms with van der Waals surface area (Å²) in [6.45, 7) is 7.86. The Morgan fingerprint density at radius 3 is 1.68 bits per heavy atom. The maximum atomic E-state index is 10.4. The first-order valence-electron chi connectivity index (χ1n) is 6.35. The van der Waals surface area contributed by atoms with Crippen molar-refractivity contribution in [2.75, 3.05) is 19.8 Å². The van der Waals surface area contributed by atoms with Crippen LogP contribution < -0.4 is 5.73 Å². The van der Waals surface area contributed by atoms with Gasteiger partial charge in [-0.3, -0.25) is 4.79 Å². The van der Waals surface area contributed by atoms with Crippen LogP contribution in [0.5, 0.6) is 0 Å². The minimum atomic E-state index is -1.73. The normalized spacial score (nSPS) is 9.89. The molecule has 0 aliphatic carbocycles. The van der Waals surface area contributed by atoms with Gasteiger partial charge in [0.05, 0.1) is 0 Å². The Hall–Kier alpha value is -1.21. The Morgan fingerprint density at radius 2 is 1.42 bits per heavy atom. The lowest BCUT2D eigenvalue weighted by Gasteiger charge is -2.12. The van der Waals surface area contributed by atoms with Gasteiger partial charge in [0.2, 0.25) is 5.91 Å². The minimum Gasteiger partial charge on any atom is -0.376 e. The van der Waals surface area contributed by atoms with Crippen LogP contribution in [0.1, 0.15) is 31.1 Å². The lowest BCUT2D eigenvalue weighted by molar-refractivity contribution is 0.0999. The molecule has 0 unspecified atom stereocenters. The van der Waals surface area contributed by atoms with E-state index < -0.39 is 9.53 Å². The van der Waals surface area contributed by atoms with Gasteiger partial charge in [0.1, 0.15) is 0 Å². The number of hydrogen-bond acceptors (Lipinski definition) is 4. The molecule has 1 amide bonds. The first kappa shape index (κ1) is 17.8. The van der Waals surface area contributed by atoms with Crippen LogP contribution in [0.4, 0.5) is 0 Å². The number of carbonyl (C=O) groups is 1. The van der Waals surface area contributed by atoms with Gasteiger partial charge in [0.25, 0.3) is 0 Å². The molecule has 1 rings (SSSR count). The quantitative estimate of drug-likeness (QED) is 0.772. The molecule has 0 heterocycles. The van der Waals surface area contributed by atoms with Crippen LogP contribution in [0.15, 0.2) is 30.3 Å². The molecule has 6 heteroatoms. The van der Waals surface area contributed by atoms with Crippen molar-refractivity contribution in [2.24, 2.45) is 5.73 Å². The van der Waals surface area contributed by atoms with E-state index in [1.165, 1.54) is 0 Å². The monoisotopic (exact) mass is 285 g/mol. The Bertz CT molecular complexity index is 320. The van der Waals surface area contributed by atoms with Crippen LogP contribution >= 0.6 is 0 Å². The fourth-order valence-electron chi connectivity index (χ4n) is 1.16. The smallest absolute Gasteiger partial charge is 0.376 e. The molecule has 0 spiro atoms. The minimum absolute atomic E-state index is 0.379. The first-order chi connectivity index (χ1) is 9.15. The van der Waals surface area contributed by atoms with E-state index in [1.807, 2.05) is 26.8 Å². The van der Waals surface area contributed by atoms with Gasteiger partial charge in [-0.1, -0.05) is 18.2 Å². The molecule has 1 aromatic rings. The average molecular weight is 285 g/mol. The summed E-state index contributed by atoms with van der Waals surface area (Å²) < 4.78 is 15.7. The summed E-state index contributed by atoms with van der Waals surface area (Å²) in [5, 5.41) is 0. The Balaban J connectivity index is 0.000000342. The third kappa shape index (κ3) is 9.37. The van der Waals surface area contributed by atoms with Crippen LogP contribution in [0.3, 0.4) is 0 Å². The predicted molar refractivity (Wildman–Crippen MR) is 77.0 cm³/mol. The number of nitrogens with two attached hydrogens (primary N) is 1. The van der Waals surface area contributed by atoms with Crippen molar-refractivity contribution in [2.45, 2.75) is 20.8 Å². The van der Waals surface area contributed by atoms with Gasteiger partial charge in [-0.2, -0.15) is 0 Å². The van der Waals surface area contributed by atoms with Gasteiger partial charge in [-0.25, -0.2) is 0 Å². The van der Waals surface area contributed by atoms with E-state index in [0.717, 1.165) is 0 Å². The Kier molecular flexibility index (Phi) is 11.1. The van der Waals surface area contributed by atoms with Crippen molar-refractivity contribution < 1.29 is 18.1 Å². The zero-order valence-corrected chi connectivity index (χ0v) is 13.0. The van der Waals surface area contributed by atoms with Crippen LogP contribution in [-0.4, -0.2) is 35.3 Å². The average Bonchev–Trinajstić information content (AvgIpc) is 2.41. The molecular formula is C13H23NO4Si. The molecule has 1 aromatic carbocycles. The second-order valence-corrected chi connectivity index (χ2v) is 4.96. The summed E-state index contributed by atoms with van der Waals surface area (Å²) in [6.07, 6.45) is 0. The highest BCUT2D eigenvalue weighted by molar-refractivity contribution is 6.36. The molecule has 19 heavy (non-hydrogen) atoms. The summed E-state index contributed by atoms with van der Waals surface area (Å²) >= 11 is 0. The van der Waals surface area contributed by atoms with E-state index in [4.69, 9.17) is 19.0 Å². The maximum absolute atomic E-state index is 10.4. The molecule has 0 saturated heterocycles. The van der Waals surface area contributed by atoms with E-state index >= 15 is 0 Å². The van der Waals surface area contributed by atoms with E-state index in [-0.39, 0.29) is 5.91 Å². The molecule has 108 valence electrons. The van der Waals surface area contributed by atoms with Crippen LogP contribution in [0.2, 0.25) is 0 Å². The van der Waals surface area contributed by atoms with Crippen LogP contribution in [0, 0.1) is 0 Å². The molecule has 5 nitrogen and oxygen atoms in total. The van der Waals surface area contributed by atoms with Crippen molar-refractivity contribution in [3.05, 3.63) is 35.9 Å². The fourth-order valence-corrected chi connectivity index (χ4v) is 2.26. The number of carbonyl (C=O) groups excluding carboxylic acids is 1. The molecule has 0 fully saturated rings. The number of amides is 1. The molecule has 0 aliphatic rings. The molecule has 0 aromatic heterocycles. The van der Waals surface area contributed by atoms with E-state index in [1.54, 1.807) is 24.3 Å². The van der Waals surface area contributed by atoms with Gasteiger partial charge in [0.15, 0.2) is 0 Å². The summed E-state index contributed by atoms with van der Waals surface area (Å²) in [4.78, 5) is 10.4. The highest BCUT2D eigenvalue weighted by Gasteiger charge is 2.11. The molecule has 0 radical (unpaired) electrons. The van der Waals surface area contributed by atoms with Crippen molar-refractivity contribution in [3.8, 4) is 0 Å². The highest BCUT2D eigenvalue weighted by Crippen LogP contribution is 1.94. The second-order valence-electron chi connectivity index (χ2n) is 3.38. The molecule has 0 bridgehead atoms. The third-order valence-corrected chi connectivity index (χ3v) is 3.78. The highest BCUT2D eigenvalue weighted by atomic mass is 28.3. The van der Waals surface area contributed by atoms with E-state index in [9.17, 15) is 4.79 Å². The summed E-state index contributed by atoms with van der Waals surface area (Å²) in [5.74, 6) is -0.379. The second kappa shape index (κ2) is 11.9. The van der Waals surface area contributed by atoms with Gasteiger partial charge in [-0.15, -0.1) is 0 Å². The summed E-state index contributed by atoms with van der Waals surface area (Å²) in [7, 11) is -1.73. The van der Waals surface area contributed by atoms with Crippen molar-refractivity contribution in [1.82, 2.24) is 0 Å². The zero-order chi connectivity index (χ0) is 14.5. The van der Waals surface area contributed by atoms with E-state index in [2.05, 4.69) is 0 Å². The van der Waals surface area contributed by atoms with Crippen molar-refractivity contribution >= 4 is 15.4 Å². The van der Waals surface area contributed by atoms with Gasteiger partial charge in [0, 0.05) is 25.4 Å². The summed E-state index contributed by atoms with van der Waals surface area (Å²) in [5.41, 5.74) is 5.53. The van der Waals surface area contributed by atoms with Crippen LogP contribution in [0.25, 0.3) is 0 Å². The number of hydrogen-bond donors (Lipinski definition) is 1.